The first-order valence-corrected chi connectivity index (χ1v) is 14.4. The number of carbonyl (C=O) groups is 2. The zero-order chi connectivity index (χ0) is 26.6. The molecule has 0 saturated carbocycles. The van der Waals surface area contributed by atoms with Crippen LogP contribution in [0.25, 0.3) is 0 Å². The predicted molar refractivity (Wildman–Crippen MR) is 152 cm³/mol. The molecule has 1 unspecified atom stereocenters. The van der Waals surface area contributed by atoms with Crippen molar-refractivity contribution in [1.29, 1.82) is 0 Å². The normalized spacial score (nSPS) is 15.2. The number of thiophene rings is 1. The van der Waals surface area contributed by atoms with Crippen LogP contribution in [0.3, 0.4) is 0 Å². The number of aliphatic hydroxyl groups excluding tert-OH is 1. The van der Waals surface area contributed by atoms with E-state index in [2.05, 4.69) is 16.8 Å². The number of amides is 1. The lowest BCUT2D eigenvalue weighted by atomic mass is 9.95. The van der Waals surface area contributed by atoms with E-state index in [0.717, 1.165) is 5.56 Å². The number of anilines is 1. The summed E-state index contributed by atoms with van der Waals surface area (Å²) < 4.78 is 6.20. The molecule has 4 aromatic rings. The van der Waals surface area contributed by atoms with Crippen molar-refractivity contribution < 1.29 is 19.4 Å². The Kier molecular flexibility index (Phi) is 7.94. The van der Waals surface area contributed by atoms with Crippen LogP contribution in [0.15, 0.2) is 94.4 Å². The van der Waals surface area contributed by atoms with E-state index in [0.29, 0.717) is 37.9 Å². The van der Waals surface area contributed by atoms with Crippen molar-refractivity contribution in [3.8, 4) is 5.75 Å². The molecule has 1 amide bonds. The number of hydrogen-bond acceptors (Lipinski definition) is 9. The maximum atomic E-state index is 13.5. The molecule has 0 aliphatic carbocycles. The van der Waals surface area contributed by atoms with Crippen LogP contribution in [0.4, 0.5) is 5.13 Å². The molecular weight excluding hydrogens is 562 g/mol. The Morgan fingerprint density at radius 3 is 2.66 bits per heavy atom. The average molecular weight is 582 g/mol. The summed E-state index contributed by atoms with van der Waals surface area (Å²) in [5.74, 6) is -0.536. The molecule has 1 aliphatic rings. The fourth-order valence-electron chi connectivity index (χ4n) is 3.91. The zero-order valence-corrected chi connectivity index (χ0v) is 22.9. The van der Waals surface area contributed by atoms with Crippen molar-refractivity contribution in [3.63, 3.8) is 0 Å². The Morgan fingerprint density at radius 2 is 1.95 bits per heavy atom. The van der Waals surface area contributed by atoms with Crippen LogP contribution in [0.5, 0.6) is 5.75 Å². The van der Waals surface area contributed by atoms with Gasteiger partial charge < -0.3 is 9.84 Å². The van der Waals surface area contributed by atoms with Gasteiger partial charge in [0.05, 0.1) is 16.5 Å². The maximum absolute atomic E-state index is 13.5. The quantitative estimate of drug-likeness (QED) is 0.0943. The number of aliphatic hydroxyl groups is 1. The molecule has 38 heavy (non-hydrogen) atoms. The molecule has 0 spiro atoms. The Morgan fingerprint density at radius 1 is 1.16 bits per heavy atom. The summed E-state index contributed by atoms with van der Waals surface area (Å²) in [4.78, 5) is 28.6. The minimum atomic E-state index is -0.889. The van der Waals surface area contributed by atoms with Gasteiger partial charge in [0, 0.05) is 10.8 Å². The molecule has 5 rings (SSSR count). The van der Waals surface area contributed by atoms with Gasteiger partial charge >= 0.3 is 0 Å². The van der Waals surface area contributed by atoms with Crippen LogP contribution in [-0.2, 0) is 10.5 Å². The van der Waals surface area contributed by atoms with E-state index in [-0.39, 0.29) is 10.7 Å². The molecule has 2 aromatic heterocycles. The number of thioether (sulfide) groups is 1. The summed E-state index contributed by atoms with van der Waals surface area (Å²) in [7, 11) is 0. The molecule has 1 atom stereocenters. The molecule has 1 aliphatic heterocycles. The number of nitrogens with zero attached hydrogens (tertiary/aromatic N) is 3. The van der Waals surface area contributed by atoms with Gasteiger partial charge in [-0.3, -0.25) is 14.5 Å². The van der Waals surface area contributed by atoms with Crippen LogP contribution in [0, 0.1) is 0 Å². The van der Waals surface area contributed by atoms with E-state index in [1.54, 1.807) is 47.9 Å². The fraction of sp³-hybridized carbons (Fsp3) is 0.111. The van der Waals surface area contributed by atoms with Gasteiger partial charge in [-0.25, -0.2) is 0 Å². The van der Waals surface area contributed by atoms with Gasteiger partial charge in [-0.05, 0) is 40.8 Å². The molecule has 0 bridgehead atoms. The van der Waals surface area contributed by atoms with E-state index in [1.807, 2.05) is 24.3 Å². The average Bonchev–Trinajstić information content (AvgIpc) is 3.68. The molecular formula is C27H20ClN3O4S3. The molecule has 2 aromatic carbocycles. The lowest BCUT2D eigenvalue weighted by Gasteiger charge is -2.24. The third kappa shape index (κ3) is 5.25. The number of Topliss-reactive ketones (excluding diaryl/α,β-unsaturated/α-hetero) is 1. The third-order valence-electron chi connectivity index (χ3n) is 5.67. The van der Waals surface area contributed by atoms with Crippen LogP contribution >= 0.6 is 46.0 Å². The van der Waals surface area contributed by atoms with Gasteiger partial charge in [0.2, 0.25) is 10.9 Å². The summed E-state index contributed by atoms with van der Waals surface area (Å²) in [6.45, 7) is 3.99. The monoisotopic (exact) mass is 581 g/mol. The van der Waals surface area contributed by atoms with E-state index < -0.39 is 23.5 Å². The van der Waals surface area contributed by atoms with Crippen molar-refractivity contribution >= 4 is 62.9 Å². The number of aromatic nitrogens is 2. The molecule has 0 saturated heterocycles. The summed E-state index contributed by atoms with van der Waals surface area (Å²) in [5.41, 5.74) is 1.57. The minimum absolute atomic E-state index is 0.00215. The SMILES string of the molecule is C=CCOc1ccc(C2C(C(=O)c3cccs3)=C(O)C(=O)N2c2nnc(SCc3ccccc3Cl)s2)cc1. The Labute approximate surface area is 236 Å². The van der Waals surface area contributed by atoms with E-state index in [9.17, 15) is 14.7 Å². The number of carbonyl (C=O) groups excluding carboxylic acids is 2. The van der Waals surface area contributed by atoms with Crippen molar-refractivity contribution in [2.24, 2.45) is 0 Å². The Balaban J connectivity index is 1.48. The Bertz CT molecular complexity index is 1520. The second-order valence-corrected chi connectivity index (χ2v) is 11.6. The summed E-state index contributed by atoms with van der Waals surface area (Å²) in [6, 6.07) is 17.1. The molecule has 3 heterocycles. The first-order valence-electron chi connectivity index (χ1n) is 11.4. The molecule has 1 N–H and O–H groups in total. The number of rotatable bonds is 10. The highest BCUT2D eigenvalue weighted by atomic mass is 35.5. The molecule has 11 heteroatoms. The second-order valence-electron chi connectivity index (χ2n) is 8.05. The lowest BCUT2D eigenvalue weighted by Crippen LogP contribution is -2.31. The van der Waals surface area contributed by atoms with Crippen molar-refractivity contribution in [2.75, 3.05) is 11.5 Å². The Hall–Kier alpha value is -3.44. The van der Waals surface area contributed by atoms with E-state index in [4.69, 9.17) is 16.3 Å². The van der Waals surface area contributed by atoms with Gasteiger partial charge in [-0.2, -0.15) is 0 Å². The smallest absolute Gasteiger partial charge is 0.296 e. The van der Waals surface area contributed by atoms with E-state index >= 15 is 0 Å². The van der Waals surface area contributed by atoms with Crippen molar-refractivity contribution in [1.82, 2.24) is 10.2 Å². The van der Waals surface area contributed by atoms with Gasteiger partial charge in [0.15, 0.2) is 10.1 Å². The van der Waals surface area contributed by atoms with Crippen LogP contribution < -0.4 is 9.64 Å². The highest BCUT2D eigenvalue weighted by Gasteiger charge is 2.46. The van der Waals surface area contributed by atoms with Crippen LogP contribution in [-0.4, -0.2) is 33.6 Å². The minimum Gasteiger partial charge on any atom is -0.503 e. The standard InChI is InChI=1S/C27H20ClN3O4S3/c1-2-13-35-18-11-9-16(10-12-18)22-21(23(32)20-8-5-14-36-20)24(33)25(34)31(22)26-29-30-27(38-26)37-15-17-6-3-4-7-19(17)28/h2-12,14,22,33H,1,13,15H2. The topological polar surface area (TPSA) is 92.6 Å². The van der Waals surface area contributed by atoms with Gasteiger partial charge in [0.25, 0.3) is 5.91 Å². The van der Waals surface area contributed by atoms with E-state index in [1.165, 1.54) is 39.3 Å². The second kappa shape index (κ2) is 11.5. The summed E-state index contributed by atoms with van der Waals surface area (Å²) in [5, 5.41) is 22.1. The molecule has 192 valence electrons. The van der Waals surface area contributed by atoms with Crippen LogP contribution in [0.1, 0.15) is 26.8 Å². The van der Waals surface area contributed by atoms with Crippen molar-refractivity contribution in [2.45, 2.75) is 16.1 Å². The highest BCUT2D eigenvalue weighted by molar-refractivity contribution is 8.00. The molecule has 0 radical (unpaired) electrons. The predicted octanol–water partition coefficient (Wildman–Crippen LogP) is 6.89. The number of ketones is 1. The number of halogens is 1. The third-order valence-corrected chi connectivity index (χ3v) is 9.01. The van der Waals surface area contributed by atoms with Crippen LogP contribution in [0.2, 0.25) is 5.02 Å². The summed E-state index contributed by atoms with van der Waals surface area (Å²) >= 11 is 10.2. The van der Waals surface area contributed by atoms with Gasteiger partial charge in [-0.15, -0.1) is 21.5 Å². The molecule has 0 fully saturated rings. The highest BCUT2D eigenvalue weighted by Crippen LogP contribution is 2.44. The zero-order valence-electron chi connectivity index (χ0n) is 19.7. The lowest BCUT2D eigenvalue weighted by molar-refractivity contribution is -0.117. The maximum Gasteiger partial charge on any atom is 0.296 e. The van der Waals surface area contributed by atoms with Crippen molar-refractivity contribution in [3.05, 3.63) is 111 Å². The number of hydrogen-bond donors (Lipinski definition) is 1. The number of ether oxygens (including phenoxy) is 1. The fourth-order valence-corrected chi connectivity index (χ4v) is 6.74. The first kappa shape index (κ1) is 26.2. The largest absolute Gasteiger partial charge is 0.503 e. The summed E-state index contributed by atoms with van der Waals surface area (Å²) in [6.07, 6.45) is 1.64. The van der Waals surface area contributed by atoms with Gasteiger partial charge in [0.1, 0.15) is 12.4 Å². The molecule has 7 nitrogen and oxygen atoms in total. The first-order chi connectivity index (χ1) is 18.5. The number of benzene rings is 2. The van der Waals surface area contributed by atoms with Gasteiger partial charge in [-0.1, -0.05) is 83.8 Å².